The van der Waals surface area contributed by atoms with Crippen LogP contribution < -0.4 is 5.32 Å². The van der Waals surface area contributed by atoms with E-state index in [4.69, 9.17) is 4.74 Å². The van der Waals surface area contributed by atoms with Gasteiger partial charge in [-0.25, -0.2) is 4.79 Å². The van der Waals surface area contributed by atoms with Gasteiger partial charge in [0.2, 0.25) is 0 Å². The number of benzene rings is 1. The molecular formula is C14H18N2O6. The van der Waals surface area contributed by atoms with E-state index in [-0.39, 0.29) is 11.3 Å². The molecule has 0 aliphatic carbocycles. The molecule has 1 rings (SSSR count). The van der Waals surface area contributed by atoms with Crippen LogP contribution in [0.1, 0.15) is 31.1 Å². The summed E-state index contributed by atoms with van der Waals surface area (Å²) in [5.41, 5.74) is -0.984. The van der Waals surface area contributed by atoms with Crippen molar-refractivity contribution >= 4 is 17.6 Å². The summed E-state index contributed by atoms with van der Waals surface area (Å²) >= 11 is 0. The number of nitro groups is 1. The highest BCUT2D eigenvalue weighted by molar-refractivity contribution is 6.02. The van der Waals surface area contributed by atoms with Crippen molar-refractivity contribution in [1.29, 1.82) is 0 Å². The molecular weight excluding hydrogens is 292 g/mol. The second-order valence-electron chi connectivity index (χ2n) is 5.55. The highest BCUT2D eigenvalue weighted by Gasteiger charge is 2.25. The van der Waals surface area contributed by atoms with E-state index in [0.29, 0.717) is 0 Å². The number of ketones is 1. The Morgan fingerprint density at radius 3 is 2.55 bits per heavy atom. The third kappa shape index (κ3) is 5.13. The van der Waals surface area contributed by atoms with Gasteiger partial charge >= 0.3 is 6.09 Å². The Balaban J connectivity index is 2.86. The predicted octanol–water partition coefficient (Wildman–Crippen LogP) is 1.66. The molecule has 0 heterocycles. The quantitative estimate of drug-likeness (QED) is 0.485. The van der Waals surface area contributed by atoms with Crippen LogP contribution in [0, 0.1) is 10.1 Å². The van der Waals surface area contributed by atoms with Crippen LogP contribution in [0.5, 0.6) is 0 Å². The zero-order valence-electron chi connectivity index (χ0n) is 12.5. The number of carbonyl (C=O) groups is 2. The maximum Gasteiger partial charge on any atom is 0.408 e. The maximum atomic E-state index is 12.2. The van der Waals surface area contributed by atoms with Gasteiger partial charge in [0.15, 0.2) is 5.78 Å². The molecule has 8 nitrogen and oxygen atoms in total. The summed E-state index contributed by atoms with van der Waals surface area (Å²) in [4.78, 5) is 33.9. The van der Waals surface area contributed by atoms with Crippen LogP contribution in [0.2, 0.25) is 0 Å². The molecule has 2 N–H and O–H groups in total. The van der Waals surface area contributed by atoms with Crippen LogP contribution in [0.15, 0.2) is 24.3 Å². The van der Waals surface area contributed by atoms with E-state index in [2.05, 4.69) is 5.32 Å². The number of aliphatic hydroxyl groups excluding tert-OH is 1. The zero-order valence-corrected chi connectivity index (χ0v) is 12.5. The fraction of sp³-hybridized carbons (Fsp3) is 0.429. The summed E-state index contributed by atoms with van der Waals surface area (Å²) < 4.78 is 5.00. The summed E-state index contributed by atoms with van der Waals surface area (Å²) in [5.74, 6) is -0.642. The molecule has 0 fully saturated rings. The number of aliphatic hydroxyl groups is 1. The summed E-state index contributed by atoms with van der Waals surface area (Å²) in [6, 6.07) is 3.81. The Hall–Kier alpha value is -2.48. The zero-order chi connectivity index (χ0) is 16.9. The van der Waals surface area contributed by atoms with Crippen molar-refractivity contribution in [3.8, 4) is 0 Å². The second-order valence-corrected chi connectivity index (χ2v) is 5.55. The lowest BCUT2D eigenvalue weighted by Gasteiger charge is -2.22. The number of carbonyl (C=O) groups excluding carboxylic acids is 2. The number of alkyl carbamates (subject to hydrolysis) is 1. The van der Waals surface area contributed by atoms with Gasteiger partial charge in [-0.2, -0.15) is 0 Å². The molecule has 0 saturated heterocycles. The van der Waals surface area contributed by atoms with Gasteiger partial charge in [0.1, 0.15) is 11.6 Å². The lowest BCUT2D eigenvalue weighted by Crippen LogP contribution is -2.45. The Morgan fingerprint density at radius 2 is 2.05 bits per heavy atom. The predicted molar refractivity (Wildman–Crippen MR) is 77.7 cm³/mol. The minimum atomic E-state index is -1.24. The highest BCUT2D eigenvalue weighted by atomic mass is 16.6. The molecule has 1 aromatic rings. The monoisotopic (exact) mass is 310 g/mol. The first kappa shape index (κ1) is 17.6. The summed E-state index contributed by atoms with van der Waals surface area (Å²) in [7, 11) is 0. The molecule has 8 heteroatoms. The molecule has 1 amide bonds. The van der Waals surface area contributed by atoms with Crippen molar-refractivity contribution in [1.82, 2.24) is 5.32 Å². The fourth-order valence-corrected chi connectivity index (χ4v) is 1.62. The van der Waals surface area contributed by atoms with E-state index in [0.717, 1.165) is 6.07 Å². The van der Waals surface area contributed by atoms with Crippen LogP contribution in [0.3, 0.4) is 0 Å². The van der Waals surface area contributed by atoms with Gasteiger partial charge in [0.05, 0.1) is 11.5 Å². The molecule has 0 saturated carbocycles. The molecule has 22 heavy (non-hydrogen) atoms. The first-order valence-corrected chi connectivity index (χ1v) is 6.53. The van der Waals surface area contributed by atoms with Gasteiger partial charge in [0, 0.05) is 17.7 Å². The topological polar surface area (TPSA) is 119 Å². The standard InChI is InChI=1S/C14H18N2O6/c1-14(2,3)22-13(19)15-11(8-17)12(18)9-5-4-6-10(7-9)16(20)21/h4-7,11,17H,8H2,1-3H3,(H,15,19). The Morgan fingerprint density at radius 1 is 1.41 bits per heavy atom. The first-order chi connectivity index (χ1) is 10.1. The lowest BCUT2D eigenvalue weighted by atomic mass is 10.0. The molecule has 1 aromatic carbocycles. The number of hydrogen-bond acceptors (Lipinski definition) is 6. The lowest BCUT2D eigenvalue weighted by molar-refractivity contribution is -0.384. The van der Waals surface area contributed by atoms with E-state index < -0.39 is 35.0 Å². The molecule has 0 aliphatic rings. The number of hydrogen-bond donors (Lipinski definition) is 2. The molecule has 0 radical (unpaired) electrons. The molecule has 120 valence electrons. The second kappa shape index (κ2) is 6.99. The number of Topliss-reactive ketones (excluding diaryl/α,β-unsaturated/α-hetero) is 1. The van der Waals surface area contributed by atoms with Crippen LogP contribution in [-0.2, 0) is 4.74 Å². The molecule has 0 bridgehead atoms. The highest BCUT2D eigenvalue weighted by Crippen LogP contribution is 2.15. The molecule has 0 aliphatic heterocycles. The van der Waals surface area contributed by atoms with Crippen molar-refractivity contribution < 1.29 is 24.4 Å². The van der Waals surface area contributed by atoms with Crippen molar-refractivity contribution in [2.45, 2.75) is 32.4 Å². The third-order valence-corrected chi connectivity index (χ3v) is 2.53. The summed E-state index contributed by atoms with van der Waals surface area (Å²) in [6.45, 7) is 4.31. The third-order valence-electron chi connectivity index (χ3n) is 2.53. The van der Waals surface area contributed by atoms with E-state index in [1.165, 1.54) is 18.2 Å². The molecule has 0 aromatic heterocycles. The number of nitro benzene ring substituents is 1. The van der Waals surface area contributed by atoms with Crippen LogP contribution in [0.4, 0.5) is 10.5 Å². The Bertz CT molecular complexity index is 579. The fourth-order valence-electron chi connectivity index (χ4n) is 1.62. The van der Waals surface area contributed by atoms with Crippen molar-refractivity contribution in [3.63, 3.8) is 0 Å². The van der Waals surface area contributed by atoms with Crippen molar-refractivity contribution in [2.24, 2.45) is 0 Å². The number of non-ortho nitro benzene ring substituents is 1. The average molecular weight is 310 g/mol. The Kier molecular flexibility index (Phi) is 5.58. The number of amides is 1. The molecule has 1 atom stereocenters. The van der Waals surface area contributed by atoms with Gasteiger partial charge in [-0.1, -0.05) is 12.1 Å². The first-order valence-electron chi connectivity index (χ1n) is 6.53. The number of nitrogens with one attached hydrogen (secondary N) is 1. The minimum absolute atomic E-state index is 0.0179. The van der Waals surface area contributed by atoms with E-state index in [1.54, 1.807) is 20.8 Å². The normalized spacial score (nSPS) is 12.4. The molecule has 0 spiro atoms. The number of nitrogens with zero attached hydrogens (tertiary/aromatic N) is 1. The van der Waals surface area contributed by atoms with Crippen LogP contribution in [0.25, 0.3) is 0 Å². The summed E-state index contributed by atoms with van der Waals surface area (Å²) in [5, 5.41) is 22.2. The van der Waals surface area contributed by atoms with E-state index in [9.17, 15) is 24.8 Å². The minimum Gasteiger partial charge on any atom is -0.444 e. The van der Waals surface area contributed by atoms with E-state index >= 15 is 0 Å². The van der Waals surface area contributed by atoms with Gasteiger partial charge in [-0.3, -0.25) is 14.9 Å². The largest absolute Gasteiger partial charge is 0.444 e. The maximum absolute atomic E-state index is 12.2. The van der Waals surface area contributed by atoms with Gasteiger partial charge in [0.25, 0.3) is 5.69 Å². The Labute approximate surface area is 127 Å². The van der Waals surface area contributed by atoms with Crippen molar-refractivity contribution in [2.75, 3.05) is 6.61 Å². The average Bonchev–Trinajstić information content (AvgIpc) is 2.42. The number of rotatable bonds is 5. The van der Waals surface area contributed by atoms with Gasteiger partial charge in [-0.05, 0) is 20.8 Å². The van der Waals surface area contributed by atoms with Crippen LogP contribution >= 0.6 is 0 Å². The number of ether oxygens (including phenoxy) is 1. The van der Waals surface area contributed by atoms with E-state index in [1.807, 2.05) is 0 Å². The smallest absolute Gasteiger partial charge is 0.408 e. The summed E-state index contributed by atoms with van der Waals surface area (Å²) in [6.07, 6.45) is -0.856. The van der Waals surface area contributed by atoms with Crippen LogP contribution in [-0.4, -0.2) is 40.2 Å². The molecule has 1 unspecified atom stereocenters. The van der Waals surface area contributed by atoms with Gasteiger partial charge in [-0.15, -0.1) is 0 Å². The van der Waals surface area contributed by atoms with Crippen molar-refractivity contribution in [3.05, 3.63) is 39.9 Å². The SMILES string of the molecule is CC(C)(C)OC(=O)NC(CO)C(=O)c1cccc([N+](=O)[O-])c1. The van der Waals surface area contributed by atoms with Gasteiger partial charge < -0.3 is 15.2 Å².